The molecule has 132 valence electrons. The second-order valence-electron chi connectivity index (χ2n) is 7.58. The minimum atomic E-state index is 0.277. The summed E-state index contributed by atoms with van der Waals surface area (Å²) in [5.74, 6) is 0.277. The molecule has 0 radical (unpaired) electrons. The van der Waals surface area contributed by atoms with Crippen LogP contribution in [0.25, 0.3) is 0 Å². The summed E-state index contributed by atoms with van der Waals surface area (Å²) in [4.78, 5) is 19.3. The first-order chi connectivity index (χ1) is 11.5. The van der Waals surface area contributed by atoms with Crippen molar-refractivity contribution in [1.29, 1.82) is 0 Å². The second-order valence-corrected chi connectivity index (χ2v) is 7.58. The number of likely N-dealkylation sites (tertiary alicyclic amines) is 1. The van der Waals surface area contributed by atoms with Crippen LogP contribution in [-0.2, 0) is 11.3 Å². The van der Waals surface area contributed by atoms with Crippen molar-refractivity contribution in [2.45, 2.75) is 45.7 Å². The van der Waals surface area contributed by atoms with E-state index in [9.17, 15) is 4.79 Å². The largest absolute Gasteiger partial charge is 0.336 e. The lowest BCUT2D eigenvalue weighted by molar-refractivity contribution is -0.136. The molecule has 1 atom stereocenters. The topological polar surface area (TPSA) is 26.8 Å². The molecule has 0 N–H and O–H groups in total. The predicted molar refractivity (Wildman–Crippen MR) is 98.0 cm³/mol. The second kappa shape index (κ2) is 7.66. The standard InChI is InChI=1S/C20H31N3O/c1-16-6-7-18(13-17(16)2)14-23-12-11-22(15-20(23)24)10-8-19-5-4-9-21(19)3/h6-7,13,19H,4-5,8-12,14-15H2,1-3H3/t19-/m1/s1. The molecule has 0 aromatic heterocycles. The van der Waals surface area contributed by atoms with Gasteiger partial charge in [-0.2, -0.15) is 0 Å². The highest BCUT2D eigenvalue weighted by molar-refractivity contribution is 5.79. The van der Waals surface area contributed by atoms with E-state index in [4.69, 9.17) is 0 Å². The highest BCUT2D eigenvalue weighted by atomic mass is 16.2. The van der Waals surface area contributed by atoms with Crippen LogP contribution in [0.5, 0.6) is 0 Å². The summed E-state index contributed by atoms with van der Waals surface area (Å²) in [5.41, 5.74) is 3.86. The molecule has 0 unspecified atom stereocenters. The van der Waals surface area contributed by atoms with E-state index in [2.05, 4.69) is 48.9 Å². The van der Waals surface area contributed by atoms with Gasteiger partial charge in [0, 0.05) is 32.2 Å². The SMILES string of the molecule is Cc1ccc(CN2CCN(CC[C@H]3CCCN3C)CC2=O)cc1C. The molecule has 4 nitrogen and oxygen atoms in total. The monoisotopic (exact) mass is 329 g/mol. The molecule has 2 heterocycles. The van der Waals surface area contributed by atoms with Gasteiger partial charge in [-0.15, -0.1) is 0 Å². The average molecular weight is 329 g/mol. The number of hydrogen-bond acceptors (Lipinski definition) is 3. The number of rotatable bonds is 5. The zero-order valence-corrected chi connectivity index (χ0v) is 15.4. The third kappa shape index (κ3) is 4.17. The van der Waals surface area contributed by atoms with Crippen LogP contribution in [0.15, 0.2) is 18.2 Å². The molecular weight excluding hydrogens is 298 g/mol. The van der Waals surface area contributed by atoms with Gasteiger partial charge in [-0.25, -0.2) is 0 Å². The van der Waals surface area contributed by atoms with Crippen molar-refractivity contribution in [2.75, 3.05) is 39.8 Å². The fourth-order valence-corrected chi connectivity index (χ4v) is 3.91. The molecule has 24 heavy (non-hydrogen) atoms. The van der Waals surface area contributed by atoms with Crippen LogP contribution in [-0.4, -0.2) is 66.4 Å². The van der Waals surface area contributed by atoms with Crippen molar-refractivity contribution >= 4 is 5.91 Å². The normalized spacial score (nSPS) is 23.2. The van der Waals surface area contributed by atoms with Gasteiger partial charge >= 0.3 is 0 Å². The Morgan fingerprint density at radius 1 is 1.12 bits per heavy atom. The summed E-state index contributed by atoms with van der Waals surface area (Å²) in [6, 6.07) is 7.24. The molecule has 2 aliphatic heterocycles. The Morgan fingerprint density at radius 2 is 1.96 bits per heavy atom. The van der Waals surface area contributed by atoms with Crippen molar-refractivity contribution in [1.82, 2.24) is 14.7 Å². The van der Waals surface area contributed by atoms with E-state index in [-0.39, 0.29) is 5.91 Å². The Bertz CT molecular complexity index is 586. The van der Waals surface area contributed by atoms with E-state index >= 15 is 0 Å². The summed E-state index contributed by atoms with van der Waals surface area (Å²) in [5, 5.41) is 0. The summed E-state index contributed by atoms with van der Waals surface area (Å²) >= 11 is 0. The smallest absolute Gasteiger partial charge is 0.237 e. The number of carbonyl (C=O) groups is 1. The molecule has 2 aliphatic rings. The molecule has 4 heteroatoms. The van der Waals surface area contributed by atoms with E-state index in [1.807, 2.05) is 4.90 Å². The molecule has 0 spiro atoms. The Hall–Kier alpha value is -1.39. The molecular formula is C20H31N3O. The van der Waals surface area contributed by atoms with Crippen molar-refractivity contribution in [3.63, 3.8) is 0 Å². The van der Waals surface area contributed by atoms with E-state index in [1.54, 1.807) is 0 Å². The van der Waals surface area contributed by atoms with Gasteiger partial charge in [-0.3, -0.25) is 9.69 Å². The predicted octanol–water partition coefficient (Wildman–Crippen LogP) is 2.43. The number of hydrogen-bond donors (Lipinski definition) is 0. The summed E-state index contributed by atoms with van der Waals surface area (Å²) in [6.45, 7) is 9.74. The van der Waals surface area contributed by atoms with Crippen molar-refractivity contribution in [3.05, 3.63) is 34.9 Å². The fraction of sp³-hybridized carbons (Fsp3) is 0.650. The Labute approximate surface area is 146 Å². The highest BCUT2D eigenvalue weighted by Gasteiger charge is 2.26. The van der Waals surface area contributed by atoms with Gasteiger partial charge < -0.3 is 9.80 Å². The Balaban J connectivity index is 1.48. The molecule has 2 saturated heterocycles. The minimum absolute atomic E-state index is 0.277. The molecule has 1 aromatic carbocycles. The zero-order chi connectivity index (χ0) is 17.1. The quantitative estimate of drug-likeness (QED) is 0.830. The Morgan fingerprint density at radius 3 is 2.62 bits per heavy atom. The van der Waals surface area contributed by atoms with Crippen LogP contribution in [0.3, 0.4) is 0 Å². The van der Waals surface area contributed by atoms with Gasteiger partial charge in [0.15, 0.2) is 0 Å². The van der Waals surface area contributed by atoms with Gasteiger partial charge in [-0.1, -0.05) is 18.2 Å². The number of nitrogens with zero attached hydrogens (tertiary/aromatic N) is 3. The molecule has 0 saturated carbocycles. The van der Waals surface area contributed by atoms with Crippen LogP contribution < -0.4 is 0 Å². The first-order valence-electron chi connectivity index (χ1n) is 9.29. The lowest BCUT2D eigenvalue weighted by Gasteiger charge is -2.35. The minimum Gasteiger partial charge on any atom is -0.336 e. The number of benzene rings is 1. The maximum Gasteiger partial charge on any atom is 0.237 e. The lowest BCUT2D eigenvalue weighted by Crippen LogP contribution is -2.50. The van der Waals surface area contributed by atoms with Crippen molar-refractivity contribution in [2.24, 2.45) is 0 Å². The van der Waals surface area contributed by atoms with E-state index in [1.165, 1.54) is 42.5 Å². The average Bonchev–Trinajstić information content (AvgIpc) is 2.96. The molecule has 1 amide bonds. The number of aryl methyl sites for hydroxylation is 2. The van der Waals surface area contributed by atoms with Crippen LogP contribution in [0.4, 0.5) is 0 Å². The van der Waals surface area contributed by atoms with Gasteiger partial charge in [0.05, 0.1) is 6.54 Å². The number of piperazine rings is 1. The summed E-state index contributed by atoms with van der Waals surface area (Å²) in [7, 11) is 2.23. The van der Waals surface area contributed by atoms with Gasteiger partial charge in [0.25, 0.3) is 0 Å². The Kier molecular flexibility index (Phi) is 5.57. The van der Waals surface area contributed by atoms with Crippen LogP contribution in [0.1, 0.15) is 36.0 Å². The van der Waals surface area contributed by atoms with Crippen LogP contribution >= 0.6 is 0 Å². The van der Waals surface area contributed by atoms with Crippen LogP contribution in [0, 0.1) is 13.8 Å². The van der Waals surface area contributed by atoms with Gasteiger partial charge in [0.2, 0.25) is 5.91 Å². The maximum atomic E-state index is 12.5. The third-order valence-corrected chi connectivity index (χ3v) is 5.79. The third-order valence-electron chi connectivity index (χ3n) is 5.79. The highest BCUT2D eigenvalue weighted by Crippen LogP contribution is 2.19. The van der Waals surface area contributed by atoms with Gasteiger partial charge in [-0.05, 0) is 63.4 Å². The van der Waals surface area contributed by atoms with Crippen molar-refractivity contribution in [3.8, 4) is 0 Å². The number of amides is 1. The van der Waals surface area contributed by atoms with E-state index in [0.717, 1.165) is 26.2 Å². The first kappa shape index (κ1) is 17.4. The molecule has 2 fully saturated rings. The fourth-order valence-electron chi connectivity index (χ4n) is 3.91. The first-order valence-corrected chi connectivity index (χ1v) is 9.29. The van der Waals surface area contributed by atoms with Crippen molar-refractivity contribution < 1.29 is 4.79 Å². The molecule has 3 rings (SSSR count). The summed E-state index contributed by atoms with van der Waals surface area (Å²) < 4.78 is 0. The lowest BCUT2D eigenvalue weighted by atomic mass is 10.1. The molecule has 0 bridgehead atoms. The zero-order valence-electron chi connectivity index (χ0n) is 15.4. The van der Waals surface area contributed by atoms with E-state index in [0.29, 0.717) is 12.6 Å². The van der Waals surface area contributed by atoms with E-state index < -0.39 is 0 Å². The maximum absolute atomic E-state index is 12.5. The van der Waals surface area contributed by atoms with Crippen LogP contribution in [0.2, 0.25) is 0 Å². The molecule has 0 aliphatic carbocycles. The molecule has 1 aromatic rings. The summed E-state index contributed by atoms with van der Waals surface area (Å²) in [6.07, 6.45) is 3.84. The number of carbonyl (C=O) groups excluding carboxylic acids is 1. The van der Waals surface area contributed by atoms with Gasteiger partial charge in [0.1, 0.15) is 0 Å².